The molecule has 7 nitrogen and oxygen atoms in total. The highest BCUT2D eigenvalue weighted by molar-refractivity contribution is 5.91. The van der Waals surface area contributed by atoms with Crippen LogP contribution >= 0.6 is 0 Å². The van der Waals surface area contributed by atoms with Crippen molar-refractivity contribution in [1.82, 2.24) is 20.0 Å². The summed E-state index contributed by atoms with van der Waals surface area (Å²) in [6.45, 7) is 0.436. The van der Waals surface area contributed by atoms with E-state index in [0.717, 1.165) is 20.8 Å². The lowest BCUT2D eigenvalue weighted by molar-refractivity contribution is 0.0922. The van der Waals surface area contributed by atoms with Crippen LogP contribution in [0.3, 0.4) is 0 Å². The zero-order chi connectivity index (χ0) is 15.4. The number of amides is 1. The largest absolute Gasteiger partial charge is 0.331 e. The maximum atomic E-state index is 12.0. The van der Waals surface area contributed by atoms with Crippen LogP contribution in [-0.4, -0.2) is 15.0 Å². The number of hydrogen-bond acceptors (Lipinski definition) is 4. The Hall–Kier alpha value is -2.67. The van der Waals surface area contributed by atoms with Crippen LogP contribution in [0.5, 0.6) is 0 Å². The summed E-state index contributed by atoms with van der Waals surface area (Å²) < 4.78 is 2.06. The first kappa shape index (κ1) is 14.7. The highest BCUT2D eigenvalue weighted by atomic mass is 16.2. The molecule has 0 spiro atoms. The molecule has 0 saturated carbocycles. The fraction of sp³-hybridized carbons (Fsp3) is 0.214. The number of carbonyl (C=O) groups excluding carboxylic acids is 1. The summed E-state index contributed by atoms with van der Waals surface area (Å²) in [4.78, 5) is 35.3. The second kappa shape index (κ2) is 6.19. The van der Waals surface area contributed by atoms with Crippen molar-refractivity contribution in [2.24, 2.45) is 14.1 Å². The van der Waals surface area contributed by atoms with Crippen molar-refractivity contribution in [3.8, 4) is 0 Å². The molecule has 2 N–H and O–H groups in total. The normalized spacial score (nSPS) is 10.4. The SMILES string of the molecule is Cn1c(C(=O)NNCc2ccccc2)cc(=O)n(C)c1=O. The molecule has 0 bridgehead atoms. The van der Waals surface area contributed by atoms with E-state index in [0.29, 0.717) is 6.54 Å². The molecule has 0 aliphatic rings. The molecule has 1 aromatic heterocycles. The van der Waals surface area contributed by atoms with Crippen LogP contribution in [0.4, 0.5) is 0 Å². The molecule has 0 radical (unpaired) electrons. The van der Waals surface area contributed by atoms with Crippen LogP contribution in [0.15, 0.2) is 46.0 Å². The predicted molar refractivity (Wildman–Crippen MR) is 77.7 cm³/mol. The van der Waals surface area contributed by atoms with Crippen molar-refractivity contribution < 1.29 is 4.79 Å². The molecule has 0 unspecified atom stereocenters. The minimum Gasteiger partial charge on any atom is -0.292 e. The summed E-state index contributed by atoms with van der Waals surface area (Å²) in [5, 5.41) is 0. The van der Waals surface area contributed by atoms with Gasteiger partial charge in [0.2, 0.25) is 0 Å². The van der Waals surface area contributed by atoms with E-state index in [1.807, 2.05) is 30.3 Å². The predicted octanol–water partition coefficient (Wildman–Crippen LogP) is -0.481. The van der Waals surface area contributed by atoms with Crippen molar-refractivity contribution in [2.45, 2.75) is 6.54 Å². The summed E-state index contributed by atoms with van der Waals surface area (Å²) in [6, 6.07) is 10.6. The van der Waals surface area contributed by atoms with E-state index in [9.17, 15) is 14.4 Å². The fourth-order valence-electron chi connectivity index (χ4n) is 1.84. The fourth-order valence-corrected chi connectivity index (χ4v) is 1.84. The Bertz CT molecular complexity index is 762. The van der Waals surface area contributed by atoms with Crippen molar-refractivity contribution in [1.29, 1.82) is 0 Å². The Balaban J connectivity index is 2.08. The average Bonchev–Trinajstić information content (AvgIpc) is 2.49. The highest BCUT2D eigenvalue weighted by Crippen LogP contribution is 1.96. The monoisotopic (exact) mass is 288 g/mol. The molecule has 0 aliphatic carbocycles. The third-order valence-corrected chi connectivity index (χ3v) is 3.10. The van der Waals surface area contributed by atoms with Gasteiger partial charge in [0.05, 0.1) is 0 Å². The number of nitrogens with one attached hydrogen (secondary N) is 2. The maximum Gasteiger partial charge on any atom is 0.331 e. The van der Waals surface area contributed by atoms with Crippen LogP contribution < -0.4 is 22.1 Å². The van der Waals surface area contributed by atoms with Crippen molar-refractivity contribution in [2.75, 3.05) is 0 Å². The topological polar surface area (TPSA) is 85.1 Å². The number of hydrazine groups is 1. The van der Waals surface area contributed by atoms with Gasteiger partial charge in [-0.1, -0.05) is 30.3 Å². The minimum absolute atomic E-state index is 0.00339. The van der Waals surface area contributed by atoms with Crippen molar-refractivity contribution in [3.63, 3.8) is 0 Å². The van der Waals surface area contributed by atoms with E-state index in [1.165, 1.54) is 14.1 Å². The number of hydrogen-bond donors (Lipinski definition) is 2. The molecular formula is C14H16N4O3. The lowest BCUT2D eigenvalue weighted by Gasteiger charge is -2.10. The van der Waals surface area contributed by atoms with Gasteiger partial charge in [0, 0.05) is 26.7 Å². The number of aromatic nitrogens is 2. The first-order valence-electron chi connectivity index (χ1n) is 6.35. The van der Waals surface area contributed by atoms with Gasteiger partial charge in [-0.3, -0.25) is 24.1 Å². The Morgan fingerprint density at radius 2 is 1.76 bits per heavy atom. The molecule has 0 saturated heterocycles. The smallest absolute Gasteiger partial charge is 0.292 e. The summed E-state index contributed by atoms with van der Waals surface area (Å²) in [6.07, 6.45) is 0. The number of rotatable bonds is 4. The molecule has 1 heterocycles. The van der Waals surface area contributed by atoms with Gasteiger partial charge in [-0.15, -0.1) is 0 Å². The molecule has 2 aromatic rings. The van der Waals surface area contributed by atoms with Gasteiger partial charge in [0.15, 0.2) is 0 Å². The van der Waals surface area contributed by atoms with Crippen LogP contribution in [0.2, 0.25) is 0 Å². The van der Waals surface area contributed by atoms with E-state index in [4.69, 9.17) is 0 Å². The van der Waals surface area contributed by atoms with Crippen LogP contribution in [0.1, 0.15) is 16.1 Å². The second-order valence-corrected chi connectivity index (χ2v) is 4.56. The average molecular weight is 288 g/mol. The molecule has 2 rings (SSSR count). The van der Waals surface area contributed by atoms with Gasteiger partial charge < -0.3 is 0 Å². The van der Waals surface area contributed by atoms with Crippen LogP contribution in [-0.2, 0) is 20.6 Å². The Morgan fingerprint density at radius 1 is 1.10 bits per heavy atom. The Kier molecular flexibility index (Phi) is 4.34. The number of nitrogens with zero attached hydrogens (tertiary/aromatic N) is 2. The van der Waals surface area contributed by atoms with Crippen LogP contribution in [0, 0.1) is 0 Å². The zero-order valence-electron chi connectivity index (χ0n) is 11.8. The van der Waals surface area contributed by atoms with E-state index in [2.05, 4.69) is 10.9 Å². The second-order valence-electron chi connectivity index (χ2n) is 4.56. The quantitative estimate of drug-likeness (QED) is 0.744. The molecule has 0 atom stereocenters. The summed E-state index contributed by atoms with van der Waals surface area (Å²) in [5.74, 6) is -0.539. The van der Waals surface area contributed by atoms with Gasteiger partial charge in [-0.2, -0.15) is 0 Å². The molecule has 0 aliphatic heterocycles. The van der Waals surface area contributed by atoms with E-state index in [1.54, 1.807) is 0 Å². The third-order valence-electron chi connectivity index (χ3n) is 3.10. The first-order valence-corrected chi connectivity index (χ1v) is 6.35. The molecule has 1 aromatic carbocycles. The lowest BCUT2D eigenvalue weighted by atomic mass is 10.2. The van der Waals surface area contributed by atoms with E-state index >= 15 is 0 Å². The molecular weight excluding hydrogens is 272 g/mol. The van der Waals surface area contributed by atoms with Gasteiger partial charge in [0.25, 0.3) is 11.5 Å². The molecule has 21 heavy (non-hydrogen) atoms. The van der Waals surface area contributed by atoms with Crippen LogP contribution in [0.25, 0.3) is 0 Å². The lowest BCUT2D eigenvalue weighted by Crippen LogP contribution is -2.44. The van der Waals surface area contributed by atoms with Gasteiger partial charge in [0.1, 0.15) is 5.69 Å². The molecule has 1 amide bonds. The van der Waals surface area contributed by atoms with E-state index in [-0.39, 0.29) is 5.69 Å². The maximum absolute atomic E-state index is 12.0. The summed E-state index contributed by atoms with van der Waals surface area (Å²) in [5.41, 5.74) is 5.15. The number of benzene rings is 1. The minimum atomic E-state index is -0.546. The van der Waals surface area contributed by atoms with Gasteiger partial charge in [-0.25, -0.2) is 10.2 Å². The highest BCUT2D eigenvalue weighted by Gasteiger charge is 2.12. The van der Waals surface area contributed by atoms with Gasteiger partial charge >= 0.3 is 5.69 Å². The Labute approximate surface area is 120 Å². The first-order chi connectivity index (χ1) is 10.0. The summed E-state index contributed by atoms with van der Waals surface area (Å²) >= 11 is 0. The van der Waals surface area contributed by atoms with Gasteiger partial charge in [-0.05, 0) is 5.56 Å². The Morgan fingerprint density at radius 3 is 2.43 bits per heavy atom. The van der Waals surface area contributed by atoms with Crippen molar-refractivity contribution >= 4 is 5.91 Å². The van der Waals surface area contributed by atoms with E-state index < -0.39 is 17.2 Å². The zero-order valence-corrected chi connectivity index (χ0v) is 11.8. The molecule has 110 valence electrons. The third kappa shape index (κ3) is 3.26. The molecule has 7 heteroatoms. The number of carbonyl (C=O) groups is 1. The standard InChI is InChI=1S/C14H16N4O3/c1-17-11(8-12(19)18(2)14(17)21)13(20)16-15-9-10-6-4-3-5-7-10/h3-8,15H,9H2,1-2H3,(H,16,20). The summed E-state index contributed by atoms with van der Waals surface area (Å²) in [7, 11) is 2.80. The van der Waals surface area contributed by atoms with Crippen molar-refractivity contribution in [3.05, 3.63) is 68.5 Å². The molecule has 0 fully saturated rings.